The molecule has 0 bridgehead atoms. The molecule has 0 aliphatic heterocycles. The third-order valence-electron chi connectivity index (χ3n) is 0. The van der Waals surface area contributed by atoms with E-state index >= 15 is 0 Å². The average Bonchev–Trinajstić information content (AvgIpc) is 0.811. The van der Waals surface area contributed by atoms with Gasteiger partial charge < -0.3 is 14.1 Å². The van der Waals surface area contributed by atoms with Crippen LogP contribution in [0.2, 0.25) is 0 Å². The average molecular weight is 188 g/mol. The molecule has 0 spiro atoms. The molecule has 0 rings (SSSR count). The Morgan fingerprint density at radius 3 is 1.40 bits per heavy atom. The molecule has 0 heterocycles. The number of hydrogen-bond donors (Lipinski definition) is 0. The third kappa shape index (κ3) is 101. The summed E-state index contributed by atoms with van der Waals surface area (Å²) in [6.07, 6.45) is 0. The Morgan fingerprint density at radius 2 is 1.40 bits per heavy atom. The van der Waals surface area contributed by atoms with E-state index in [2.05, 4.69) is 0 Å². The largest absolute Gasteiger partial charge is 2.00 e. The standard InChI is InChI=1S/Cd.O3Si/c;1-4(2)3/q+2;-2. The smallest absolute Gasteiger partial charge is 0.672 e. The van der Waals surface area contributed by atoms with E-state index in [0.29, 0.717) is 0 Å². The Balaban J connectivity index is 0. The van der Waals surface area contributed by atoms with Gasteiger partial charge in [0.2, 0.25) is 0 Å². The Hall–Kier alpha value is 0.539. The van der Waals surface area contributed by atoms with E-state index in [9.17, 15) is 0 Å². The minimum absolute atomic E-state index is 0. The Morgan fingerprint density at radius 1 is 1.40 bits per heavy atom. The molecule has 0 N–H and O–H groups in total. The fourth-order valence-electron chi connectivity index (χ4n) is 0. The van der Waals surface area contributed by atoms with Crippen molar-refractivity contribution in [1.82, 2.24) is 0 Å². The van der Waals surface area contributed by atoms with Crippen molar-refractivity contribution in [3.05, 3.63) is 0 Å². The maximum atomic E-state index is 8.52. The summed E-state index contributed by atoms with van der Waals surface area (Å²) in [5.41, 5.74) is 0. The van der Waals surface area contributed by atoms with Crippen molar-refractivity contribution in [1.29, 1.82) is 0 Å². The molecule has 0 unspecified atom stereocenters. The van der Waals surface area contributed by atoms with Crippen molar-refractivity contribution >= 4 is 9.17 Å². The molecular formula is CdO3Si. The van der Waals surface area contributed by atoms with Crippen LogP contribution in [-0.4, -0.2) is 9.17 Å². The van der Waals surface area contributed by atoms with E-state index < -0.39 is 9.17 Å². The fraction of sp³-hybridized carbons (Fsp3) is 0. The zero-order chi connectivity index (χ0) is 3.58. The van der Waals surface area contributed by atoms with Crippen molar-refractivity contribution in [2.24, 2.45) is 0 Å². The molecule has 3 nitrogen and oxygen atoms in total. The predicted octanol–water partition coefficient (Wildman–Crippen LogP) is -2.88. The Kier molecular flexibility index (Phi) is 8.27. The molecule has 0 aliphatic rings. The Bertz CT molecular complexity index is 29.9. The van der Waals surface area contributed by atoms with Gasteiger partial charge in [0.05, 0.1) is 0 Å². The predicted molar refractivity (Wildman–Crippen MR) is 6.44 cm³/mol. The van der Waals surface area contributed by atoms with Gasteiger partial charge in [-0.2, -0.15) is 0 Å². The summed E-state index contributed by atoms with van der Waals surface area (Å²) >= 11 is 0. The van der Waals surface area contributed by atoms with E-state index in [4.69, 9.17) is 14.1 Å². The Labute approximate surface area is 50.7 Å². The van der Waals surface area contributed by atoms with Gasteiger partial charge in [-0.1, -0.05) is 0 Å². The summed E-state index contributed by atoms with van der Waals surface area (Å²) < 4.78 is 8.52. The molecular weight excluding hydrogens is 188 g/mol. The number of hydrogen-bond acceptors (Lipinski definition) is 3. The van der Waals surface area contributed by atoms with Crippen molar-refractivity contribution < 1.29 is 41.4 Å². The monoisotopic (exact) mass is 190 g/mol. The van der Waals surface area contributed by atoms with Gasteiger partial charge in [0, 0.05) is 9.17 Å². The van der Waals surface area contributed by atoms with Crippen LogP contribution in [0.4, 0.5) is 0 Å². The van der Waals surface area contributed by atoms with Crippen LogP contribution >= 0.6 is 0 Å². The summed E-state index contributed by atoms with van der Waals surface area (Å²) in [6.45, 7) is 0. The first kappa shape index (κ1) is 9.11. The van der Waals surface area contributed by atoms with Gasteiger partial charge in [0.1, 0.15) is 0 Å². The van der Waals surface area contributed by atoms with Crippen LogP contribution in [0.25, 0.3) is 0 Å². The van der Waals surface area contributed by atoms with Gasteiger partial charge in [0.25, 0.3) is 0 Å². The second-order valence-corrected chi connectivity index (χ2v) is 0.750. The van der Waals surface area contributed by atoms with Crippen molar-refractivity contribution in [2.75, 3.05) is 0 Å². The number of rotatable bonds is 0. The van der Waals surface area contributed by atoms with E-state index in [1.54, 1.807) is 0 Å². The van der Waals surface area contributed by atoms with Gasteiger partial charge in [-0.15, -0.1) is 0 Å². The minimum atomic E-state index is -3.63. The fourth-order valence-corrected chi connectivity index (χ4v) is 0. The summed E-state index contributed by atoms with van der Waals surface area (Å²) in [6, 6.07) is 0. The normalized spacial score (nSPS) is 4.80. The quantitative estimate of drug-likeness (QED) is 0.384. The molecule has 0 fully saturated rings. The van der Waals surface area contributed by atoms with E-state index in [0.717, 1.165) is 0 Å². The molecule has 0 amide bonds. The zero-order valence-corrected chi connectivity index (χ0v) is 7.47. The first-order valence-corrected chi connectivity index (χ1v) is 1.84. The molecule has 0 aromatic rings. The second kappa shape index (κ2) is 4.54. The molecule has 0 saturated heterocycles. The van der Waals surface area contributed by atoms with Gasteiger partial charge in [0.15, 0.2) is 0 Å². The first-order valence-electron chi connectivity index (χ1n) is 0.612. The first-order chi connectivity index (χ1) is 1.73. The van der Waals surface area contributed by atoms with Crippen molar-refractivity contribution in [2.45, 2.75) is 0 Å². The van der Waals surface area contributed by atoms with E-state index in [1.807, 2.05) is 0 Å². The molecule has 0 atom stereocenters. The topological polar surface area (TPSA) is 63.2 Å². The van der Waals surface area contributed by atoms with Crippen LogP contribution in [0.15, 0.2) is 0 Å². The maximum Gasteiger partial charge on any atom is 2.00 e. The molecule has 0 aromatic carbocycles. The van der Waals surface area contributed by atoms with Crippen molar-refractivity contribution in [3.8, 4) is 0 Å². The molecule has 0 aliphatic carbocycles. The summed E-state index contributed by atoms with van der Waals surface area (Å²) in [4.78, 5) is 17.0. The molecule has 0 radical (unpaired) electrons. The minimum Gasteiger partial charge on any atom is -0.672 e. The van der Waals surface area contributed by atoms with Crippen LogP contribution in [0.1, 0.15) is 0 Å². The molecule has 5 heteroatoms. The van der Waals surface area contributed by atoms with Gasteiger partial charge in [-0.05, 0) is 0 Å². The van der Waals surface area contributed by atoms with Gasteiger partial charge in [-0.3, -0.25) is 0 Å². The summed E-state index contributed by atoms with van der Waals surface area (Å²) in [5, 5.41) is 0. The van der Waals surface area contributed by atoms with Crippen LogP contribution in [0.5, 0.6) is 0 Å². The second-order valence-electron chi connectivity index (χ2n) is 0.250. The van der Waals surface area contributed by atoms with Crippen LogP contribution < -0.4 is 9.59 Å². The summed E-state index contributed by atoms with van der Waals surface area (Å²) in [5.74, 6) is 0. The van der Waals surface area contributed by atoms with Crippen LogP contribution in [0.3, 0.4) is 0 Å². The molecule has 0 saturated carbocycles. The SMILES string of the molecule is O=[Si]([O-])[O-].[Cd+2]. The third-order valence-corrected chi connectivity index (χ3v) is 0. The molecule has 5 heavy (non-hydrogen) atoms. The van der Waals surface area contributed by atoms with Crippen molar-refractivity contribution in [3.63, 3.8) is 0 Å². The van der Waals surface area contributed by atoms with Crippen LogP contribution in [0, 0.1) is 0 Å². The van der Waals surface area contributed by atoms with Gasteiger partial charge in [-0.25, -0.2) is 0 Å². The molecule has 24 valence electrons. The maximum absolute atomic E-state index is 8.52. The van der Waals surface area contributed by atoms with Crippen LogP contribution in [-0.2, 0) is 31.8 Å². The van der Waals surface area contributed by atoms with Gasteiger partial charge >= 0.3 is 27.3 Å². The molecule has 0 aromatic heterocycles. The zero-order valence-electron chi connectivity index (χ0n) is 2.43. The van der Waals surface area contributed by atoms with E-state index in [1.165, 1.54) is 0 Å². The van der Waals surface area contributed by atoms with E-state index in [-0.39, 0.29) is 27.3 Å². The summed E-state index contributed by atoms with van der Waals surface area (Å²) in [7, 11) is -3.63.